The lowest BCUT2D eigenvalue weighted by Crippen LogP contribution is -2.14. The number of nitrogens with one attached hydrogen (secondary N) is 4. The Kier molecular flexibility index (Phi) is 15.2. The van der Waals surface area contributed by atoms with Gasteiger partial charge in [-0.1, -0.05) is 36.4 Å². The van der Waals surface area contributed by atoms with Gasteiger partial charge in [-0.15, -0.1) is 0 Å². The second-order valence-electron chi connectivity index (χ2n) is 16.2. The number of hydrogen-bond acceptors (Lipinski definition) is 12. The number of aliphatic hydroxyl groups is 1. The first-order chi connectivity index (χ1) is 32.7. The van der Waals surface area contributed by atoms with Crippen LogP contribution < -0.4 is 31.1 Å². The Morgan fingerprint density at radius 1 is 0.515 bits per heavy atom. The lowest BCUT2D eigenvalue weighted by atomic mass is 10.1. The van der Waals surface area contributed by atoms with Crippen LogP contribution in [-0.4, -0.2) is 77.4 Å². The molecule has 346 valence electrons. The van der Waals surface area contributed by atoms with Crippen LogP contribution >= 0.6 is 0 Å². The lowest BCUT2D eigenvalue weighted by Gasteiger charge is -2.15. The van der Waals surface area contributed by atoms with E-state index >= 15 is 0 Å². The van der Waals surface area contributed by atoms with Crippen molar-refractivity contribution in [3.63, 3.8) is 0 Å². The second kappa shape index (κ2) is 21.7. The van der Waals surface area contributed by atoms with Crippen molar-refractivity contribution in [1.29, 1.82) is 0 Å². The van der Waals surface area contributed by atoms with E-state index in [9.17, 15) is 28.3 Å². The maximum Gasteiger partial charge on any atom is 0.255 e. The Labute approximate surface area is 392 Å². The van der Waals surface area contributed by atoms with Crippen LogP contribution in [0.1, 0.15) is 54.7 Å². The zero-order chi connectivity index (χ0) is 48.3. The third-order valence-electron chi connectivity index (χ3n) is 10.6. The van der Waals surface area contributed by atoms with Crippen LogP contribution in [0.5, 0.6) is 0 Å². The van der Waals surface area contributed by atoms with Gasteiger partial charge in [-0.2, -0.15) is 9.97 Å². The van der Waals surface area contributed by atoms with Crippen LogP contribution in [-0.2, 0) is 19.5 Å². The van der Waals surface area contributed by atoms with Gasteiger partial charge >= 0.3 is 0 Å². The molecule has 5 N–H and O–H groups in total. The van der Waals surface area contributed by atoms with Crippen molar-refractivity contribution in [2.45, 2.75) is 26.4 Å². The number of amides is 2. The van der Waals surface area contributed by atoms with Gasteiger partial charge in [0.05, 0.1) is 11.0 Å². The van der Waals surface area contributed by atoms with Crippen molar-refractivity contribution in [2.24, 2.45) is 0 Å². The maximum atomic E-state index is 13.1. The molecular formula is C52H50F2N10O4. The molecule has 0 aliphatic carbocycles. The molecular weight excluding hydrogens is 867 g/mol. The predicted molar refractivity (Wildman–Crippen MR) is 265 cm³/mol. The Morgan fingerprint density at radius 2 is 0.912 bits per heavy atom. The van der Waals surface area contributed by atoms with Crippen LogP contribution in [0.15, 0.2) is 133 Å². The van der Waals surface area contributed by atoms with E-state index in [1.165, 1.54) is 55.5 Å². The fourth-order valence-electron chi connectivity index (χ4n) is 6.85. The standard InChI is InChI=1S/C26H24FN5O2.C26H26FN5O2/c1-16(33)19-8-13-22-23(14-19)30-26(32(2)3)31-24(22)28-15-17-4-11-21(12-5-17)29-25(34)18-6-9-20(27)10-7-18;1-32(2)26-30-23-15-17(13-14-33)5-12-22(23)24(31-26)28-16-18-3-10-21(11-4-18)29-25(34)19-6-8-20(27)9-7-19/h4-14H,15H2,1-3H3,(H,29,34)(H,28,30,31);3-12,15,33H,13-14,16H2,1-2H3,(H,29,34)(H,28,30,31). The number of hydrogen-bond donors (Lipinski definition) is 5. The predicted octanol–water partition coefficient (Wildman–Crippen LogP) is 9.14. The van der Waals surface area contributed by atoms with E-state index in [-0.39, 0.29) is 35.8 Å². The molecule has 2 aromatic heterocycles. The molecule has 0 radical (unpaired) electrons. The highest BCUT2D eigenvalue weighted by Gasteiger charge is 2.14. The molecule has 2 heterocycles. The molecule has 0 spiro atoms. The molecule has 0 saturated heterocycles. The maximum absolute atomic E-state index is 13.1. The van der Waals surface area contributed by atoms with E-state index in [0.29, 0.717) is 70.8 Å². The van der Waals surface area contributed by atoms with Gasteiger partial charge in [-0.25, -0.2) is 18.7 Å². The minimum absolute atomic E-state index is 0.0203. The molecule has 8 rings (SSSR count). The molecule has 8 aromatic rings. The number of carbonyl (C=O) groups excluding carboxylic acids is 3. The molecule has 0 bridgehead atoms. The fourth-order valence-corrected chi connectivity index (χ4v) is 6.85. The van der Waals surface area contributed by atoms with E-state index in [0.717, 1.165) is 38.8 Å². The van der Waals surface area contributed by atoms with E-state index in [1.54, 1.807) is 24.3 Å². The Morgan fingerprint density at radius 3 is 1.32 bits per heavy atom. The number of ketones is 1. The van der Waals surface area contributed by atoms with Gasteiger partial charge in [0, 0.05) is 86.7 Å². The Hall–Kier alpha value is -8.37. The molecule has 16 heteroatoms. The number of halogens is 2. The third-order valence-corrected chi connectivity index (χ3v) is 10.6. The van der Waals surface area contributed by atoms with Crippen LogP contribution in [0.25, 0.3) is 21.8 Å². The number of nitrogens with zero attached hydrogens (tertiary/aromatic N) is 6. The molecule has 0 atom stereocenters. The average Bonchev–Trinajstić information content (AvgIpc) is 3.33. The minimum atomic E-state index is -0.387. The lowest BCUT2D eigenvalue weighted by molar-refractivity contribution is 0.101. The number of aliphatic hydroxyl groups excluding tert-OH is 1. The molecule has 0 unspecified atom stereocenters. The van der Waals surface area contributed by atoms with Crippen LogP contribution in [0.2, 0.25) is 0 Å². The number of rotatable bonds is 15. The summed E-state index contributed by atoms with van der Waals surface area (Å²) >= 11 is 0. The summed E-state index contributed by atoms with van der Waals surface area (Å²) in [5.41, 5.74) is 7.16. The molecule has 14 nitrogen and oxygen atoms in total. The Bertz CT molecular complexity index is 3060. The molecule has 0 fully saturated rings. The smallest absolute Gasteiger partial charge is 0.255 e. The number of aromatic nitrogens is 4. The molecule has 2 amide bonds. The summed E-state index contributed by atoms with van der Waals surface area (Å²) in [7, 11) is 7.50. The first-order valence-electron chi connectivity index (χ1n) is 21.6. The monoisotopic (exact) mass is 916 g/mol. The van der Waals surface area contributed by atoms with Crippen molar-refractivity contribution in [3.8, 4) is 0 Å². The number of fused-ring (bicyclic) bond motifs is 2. The third kappa shape index (κ3) is 12.3. The van der Waals surface area contributed by atoms with Gasteiger partial charge in [-0.3, -0.25) is 14.4 Å². The van der Waals surface area contributed by atoms with E-state index in [4.69, 9.17) is 0 Å². The second-order valence-corrected chi connectivity index (χ2v) is 16.2. The van der Waals surface area contributed by atoms with Crippen LogP contribution in [0, 0.1) is 11.6 Å². The number of anilines is 6. The molecule has 68 heavy (non-hydrogen) atoms. The van der Waals surface area contributed by atoms with Crippen molar-refractivity contribution in [3.05, 3.63) is 178 Å². The zero-order valence-electron chi connectivity index (χ0n) is 38.1. The largest absolute Gasteiger partial charge is 0.396 e. The summed E-state index contributed by atoms with van der Waals surface area (Å²) < 4.78 is 26.1. The first kappa shape index (κ1) is 47.6. The zero-order valence-corrected chi connectivity index (χ0v) is 38.1. The quantitative estimate of drug-likeness (QED) is 0.0618. The van der Waals surface area contributed by atoms with Gasteiger partial charge in [-0.05, 0) is 127 Å². The molecule has 0 aliphatic rings. The van der Waals surface area contributed by atoms with E-state index in [1.807, 2.05) is 98.7 Å². The number of benzene rings is 6. The summed E-state index contributed by atoms with van der Waals surface area (Å²) in [6.07, 6.45) is 0.573. The number of carbonyl (C=O) groups is 3. The Balaban J connectivity index is 0.000000201. The van der Waals surface area contributed by atoms with Crippen LogP contribution in [0.3, 0.4) is 0 Å². The summed E-state index contributed by atoms with van der Waals surface area (Å²) in [6.45, 7) is 2.64. The number of Topliss-reactive ketones (excluding diaryl/α,β-unsaturated/α-hetero) is 1. The van der Waals surface area contributed by atoms with Gasteiger partial charge in [0.1, 0.15) is 23.3 Å². The summed E-state index contributed by atoms with van der Waals surface area (Å²) in [5, 5.41) is 23.3. The normalized spacial score (nSPS) is 10.8. The SMILES string of the molecule is CC(=O)c1ccc2c(NCc3ccc(NC(=O)c4ccc(F)cc4)cc3)nc(N(C)C)nc2c1.CN(C)c1nc(NCc2ccc(NC(=O)c3ccc(F)cc3)cc2)c2ccc(CCO)cc2n1. The van der Waals surface area contributed by atoms with Crippen molar-refractivity contribution in [1.82, 2.24) is 19.9 Å². The highest BCUT2D eigenvalue weighted by Crippen LogP contribution is 2.27. The van der Waals surface area contributed by atoms with Gasteiger partial charge in [0.2, 0.25) is 11.9 Å². The highest BCUT2D eigenvalue weighted by molar-refractivity contribution is 6.05. The van der Waals surface area contributed by atoms with E-state index in [2.05, 4.69) is 41.2 Å². The van der Waals surface area contributed by atoms with Crippen molar-refractivity contribution in [2.75, 3.05) is 65.9 Å². The average molecular weight is 917 g/mol. The topological polar surface area (TPSA) is 178 Å². The fraction of sp³-hybridized carbons (Fsp3) is 0.173. The molecule has 0 saturated carbocycles. The van der Waals surface area contributed by atoms with Crippen molar-refractivity contribution < 1.29 is 28.3 Å². The van der Waals surface area contributed by atoms with Gasteiger partial charge in [0.25, 0.3) is 11.8 Å². The van der Waals surface area contributed by atoms with Gasteiger partial charge in [0.15, 0.2) is 5.78 Å². The van der Waals surface area contributed by atoms with Crippen LogP contribution in [0.4, 0.5) is 43.7 Å². The summed E-state index contributed by atoms with van der Waals surface area (Å²) in [4.78, 5) is 58.6. The summed E-state index contributed by atoms with van der Waals surface area (Å²) in [5.74, 6) is 1.12. The summed E-state index contributed by atoms with van der Waals surface area (Å²) in [6, 6.07) is 37.0. The van der Waals surface area contributed by atoms with E-state index < -0.39 is 0 Å². The van der Waals surface area contributed by atoms with Gasteiger partial charge < -0.3 is 36.2 Å². The molecule has 6 aromatic carbocycles. The highest BCUT2D eigenvalue weighted by atomic mass is 19.1. The first-order valence-corrected chi connectivity index (χ1v) is 21.6. The molecule has 0 aliphatic heterocycles. The minimum Gasteiger partial charge on any atom is -0.396 e. The van der Waals surface area contributed by atoms with Crippen molar-refractivity contribution >= 4 is 74.3 Å².